The average molecular weight is 260 g/mol. The highest BCUT2D eigenvalue weighted by atomic mass is 16.1. The molecule has 0 aliphatic carbocycles. The third kappa shape index (κ3) is 2.75. The fraction of sp³-hybridized carbons (Fsp3) is 0.500. The Morgan fingerprint density at radius 3 is 2.74 bits per heavy atom. The largest absolute Gasteiger partial charge is 0.306 e. The van der Waals surface area contributed by atoms with E-state index in [0.717, 1.165) is 29.8 Å². The molecule has 0 aromatic carbocycles. The molecule has 2 rings (SSSR count). The number of nitrogens with zero attached hydrogens (tertiary/aromatic N) is 3. The molecule has 2 aromatic heterocycles. The van der Waals surface area contributed by atoms with Gasteiger partial charge in [0.05, 0.1) is 11.8 Å². The molecule has 5 heteroatoms. The molecule has 0 radical (unpaired) electrons. The van der Waals surface area contributed by atoms with Gasteiger partial charge in [0.2, 0.25) is 0 Å². The lowest BCUT2D eigenvalue weighted by molar-refractivity contribution is 0.603. The third-order valence-corrected chi connectivity index (χ3v) is 3.08. The number of nitrogens with one attached hydrogen (secondary N) is 1. The van der Waals surface area contributed by atoms with Gasteiger partial charge in [-0.05, 0) is 19.3 Å². The van der Waals surface area contributed by atoms with Crippen molar-refractivity contribution in [3.63, 3.8) is 0 Å². The van der Waals surface area contributed by atoms with Crippen LogP contribution in [0.25, 0.3) is 11.4 Å². The summed E-state index contributed by atoms with van der Waals surface area (Å²) < 4.78 is 1.86. The monoisotopic (exact) mass is 260 g/mol. The van der Waals surface area contributed by atoms with Crippen LogP contribution in [0.2, 0.25) is 0 Å². The Balaban J connectivity index is 2.43. The van der Waals surface area contributed by atoms with Gasteiger partial charge in [-0.25, -0.2) is 4.98 Å². The van der Waals surface area contributed by atoms with E-state index in [-0.39, 0.29) is 11.5 Å². The van der Waals surface area contributed by atoms with Gasteiger partial charge in [0.25, 0.3) is 5.56 Å². The molecule has 0 aliphatic rings. The summed E-state index contributed by atoms with van der Waals surface area (Å²) in [6.07, 6.45) is 4.68. The lowest BCUT2D eigenvalue weighted by atomic mass is 10.0. The van der Waals surface area contributed by atoms with E-state index in [4.69, 9.17) is 0 Å². The van der Waals surface area contributed by atoms with E-state index < -0.39 is 0 Å². The summed E-state index contributed by atoms with van der Waals surface area (Å²) in [6, 6.07) is 0. The van der Waals surface area contributed by atoms with Crippen LogP contribution in [-0.2, 0) is 6.54 Å². The Kier molecular flexibility index (Phi) is 3.83. The van der Waals surface area contributed by atoms with Gasteiger partial charge >= 0.3 is 0 Å². The molecule has 2 aromatic rings. The molecule has 0 saturated carbocycles. The average Bonchev–Trinajstić information content (AvgIpc) is 2.76. The van der Waals surface area contributed by atoms with Crippen LogP contribution in [0.4, 0.5) is 0 Å². The summed E-state index contributed by atoms with van der Waals surface area (Å²) in [5.41, 5.74) is 2.34. The van der Waals surface area contributed by atoms with Crippen LogP contribution in [0.3, 0.4) is 0 Å². The number of aryl methyl sites for hydroxylation is 2. The summed E-state index contributed by atoms with van der Waals surface area (Å²) in [4.78, 5) is 19.4. The lowest BCUT2D eigenvalue weighted by Crippen LogP contribution is -2.18. The van der Waals surface area contributed by atoms with Crippen LogP contribution >= 0.6 is 0 Å². The van der Waals surface area contributed by atoms with Crippen molar-refractivity contribution in [2.45, 2.75) is 46.6 Å². The molecule has 0 aliphatic heterocycles. The fourth-order valence-electron chi connectivity index (χ4n) is 2.25. The number of H-pyrrole nitrogens is 1. The number of aromatic amines is 1. The Labute approximate surface area is 112 Å². The summed E-state index contributed by atoms with van der Waals surface area (Å²) >= 11 is 0. The number of rotatable bonds is 4. The fourth-order valence-corrected chi connectivity index (χ4v) is 2.25. The smallest absolute Gasteiger partial charge is 0.254 e. The van der Waals surface area contributed by atoms with Crippen molar-refractivity contribution < 1.29 is 0 Å². The van der Waals surface area contributed by atoms with Crippen molar-refractivity contribution in [3.05, 3.63) is 34.0 Å². The summed E-state index contributed by atoms with van der Waals surface area (Å²) in [5, 5.41) is 4.25. The van der Waals surface area contributed by atoms with Crippen LogP contribution in [0, 0.1) is 6.92 Å². The predicted molar refractivity (Wildman–Crippen MR) is 75.2 cm³/mol. The highest BCUT2D eigenvalue weighted by Gasteiger charge is 2.13. The quantitative estimate of drug-likeness (QED) is 0.918. The maximum Gasteiger partial charge on any atom is 0.254 e. The molecule has 0 bridgehead atoms. The van der Waals surface area contributed by atoms with Crippen LogP contribution in [0.5, 0.6) is 0 Å². The van der Waals surface area contributed by atoms with Gasteiger partial charge in [-0.1, -0.05) is 20.8 Å². The van der Waals surface area contributed by atoms with Gasteiger partial charge in [0.15, 0.2) is 0 Å². The topological polar surface area (TPSA) is 63.6 Å². The van der Waals surface area contributed by atoms with Gasteiger partial charge in [-0.15, -0.1) is 0 Å². The minimum Gasteiger partial charge on any atom is -0.306 e. The zero-order valence-electron chi connectivity index (χ0n) is 11.9. The van der Waals surface area contributed by atoms with Crippen molar-refractivity contribution in [2.75, 3.05) is 0 Å². The third-order valence-electron chi connectivity index (χ3n) is 3.08. The van der Waals surface area contributed by atoms with Crippen molar-refractivity contribution >= 4 is 0 Å². The highest BCUT2D eigenvalue weighted by molar-refractivity contribution is 5.52. The van der Waals surface area contributed by atoms with Gasteiger partial charge < -0.3 is 4.98 Å². The molecule has 0 fully saturated rings. The van der Waals surface area contributed by atoms with Crippen LogP contribution < -0.4 is 5.56 Å². The predicted octanol–water partition coefficient (Wildman–Crippen LogP) is 2.48. The van der Waals surface area contributed by atoms with Crippen molar-refractivity contribution in [1.82, 2.24) is 19.7 Å². The Morgan fingerprint density at radius 1 is 1.42 bits per heavy atom. The molecule has 0 spiro atoms. The second-order valence-electron chi connectivity index (χ2n) is 5.06. The minimum absolute atomic E-state index is 0.0549. The normalized spacial score (nSPS) is 11.2. The Hall–Kier alpha value is -1.91. The zero-order chi connectivity index (χ0) is 14.0. The lowest BCUT2D eigenvalue weighted by Gasteiger charge is -2.08. The van der Waals surface area contributed by atoms with Gasteiger partial charge in [-0.3, -0.25) is 9.48 Å². The van der Waals surface area contributed by atoms with E-state index in [9.17, 15) is 4.79 Å². The van der Waals surface area contributed by atoms with E-state index in [0.29, 0.717) is 5.82 Å². The molecule has 0 saturated heterocycles. The molecule has 0 amide bonds. The second kappa shape index (κ2) is 5.38. The first-order chi connectivity index (χ1) is 9.02. The maximum atomic E-state index is 12.1. The van der Waals surface area contributed by atoms with E-state index in [2.05, 4.69) is 22.0 Å². The standard InChI is InChI=1S/C14H20N4O/c1-5-6-18-8-11(7-15-18)13-16-10(4)12(9(2)3)14(19)17-13/h7-9H,5-6H2,1-4H3,(H,16,17,19). The van der Waals surface area contributed by atoms with Crippen molar-refractivity contribution in [2.24, 2.45) is 0 Å². The molecule has 19 heavy (non-hydrogen) atoms. The van der Waals surface area contributed by atoms with Crippen LogP contribution in [0.1, 0.15) is 44.4 Å². The number of hydrogen-bond donors (Lipinski definition) is 1. The number of hydrogen-bond acceptors (Lipinski definition) is 3. The molecule has 0 atom stereocenters. The molecule has 102 valence electrons. The molecule has 2 heterocycles. The summed E-state index contributed by atoms with van der Waals surface area (Å²) in [5.74, 6) is 0.766. The Bertz CT molecular complexity index is 625. The first-order valence-corrected chi connectivity index (χ1v) is 6.66. The van der Waals surface area contributed by atoms with Crippen molar-refractivity contribution in [1.29, 1.82) is 0 Å². The molecular weight excluding hydrogens is 240 g/mol. The first-order valence-electron chi connectivity index (χ1n) is 6.66. The van der Waals surface area contributed by atoms with Gasteiger partial charge in [-0.2, -0.15) is 5.10 Å². The van der Waals surface area contributed by atoms with E-state index in [1.165, 1.54) is 0 Å². The number of aromatic nitrogens is 4. The zero-order valence-corrected chi connectivity index (χ0v) is 11.9. The van der Waals surface area contributed by atoms with E-state index >= 15 is 0 Å². The summed E-state index contributed by atoms with van der Waals surface area (Å²) in [6.45, 7) is 8.84. The molecule has 1 N–H and O–H groups in total. The van der Waals surface area contributed by atoms with Crippen LogP contribution in [-0.4, -0.2) is 19.7 Å². The van der Waals surface area contributed by atoms with Crippen molar-refractivity contribution in [3.8, 4) is 11.4 Å². The molecule has 0 unspecified atom stereocenters. The SMILES string of the molecule is CCCn1cc(-c2nc(C)c(C(C)C)c(=O)[nH]2)cn1. The second-order valence-corrected chi connectivity index (χ2v) is 5.06. The van der Waals surface area contributed by atoms with E-state index in [1.54, 1.807) is 6.20 Å². The van der Waals surface area contributed by atoms with Gasteiger partial charge in [0, 0.05) is 24.0 Å². The van der Waals surface area contributed by atoms with Gasteiger partial charge in [0.1, 0.15) is 5.82 Å². The summed E-state index contributed by atoms with van der Waals surface area (Å²) in [7, 11) is 0. The molecular formula is C14H20N4O. The molecule has 5 nitrogen and oxygen atoms in total. The highest BCUT2D eigenvalue weighted by Crippen LogP contribution is 2.17. The Morgan fingerprint density at radius 2 is 2.16 bits per heavy atom. The van der Waals surface area contributed by atoms with E-state index in [1.807, 2.05) is 31.6 Å². The first kappa shape index (κ1) is 13.5. The maximum absolute atomic E-state index is 12.1. The van der Waals surface area contributed by atoms with Crippen LogP contribution in [0.15, 0.2) is 17.2 Å². The minimum atomic E-state index is -0.0549.